The van der Waals surface area contributed by atoms with Crippen molar-refractivity contribution in [2.45, 2.75) is 6.54 Å². The lowest BCUT2D eigenvalue weighted by Gasteiger charge is -2.04. The molecule has 6 nitrogen and oxygen atoms in total. The summed E-state index contributed by atoms with van der Waals surface area (Å²) in [6, 6.07) is 3.90. The Morgan fingerprint density at radius 2 is 2.07 bits per heavy atom. The van der Waals surface area contributed by atoms with Crippen LogP contribution in [-0.4, -0.2) is 16.4 Å². The molecule has 0 amide bonds. The molecule has 1 aromatic carbocycles. The smallest absolute Gasteiger partial charge is 0.276 e. The van der Waals surface area contributed by atoms with Crippen molar-refractivity contribution in [2.75, 3.05) is 0 Å². The molecule has 14 heavy (non-hydrogen) atoms. The Hall–Kier alpha value is -1.95. The lowest BCUT2D eigenvalue weighted by molar-refractivity contribution is -0.387. The minimum atomic E-state index is -0.576. The van der Waals surface area contributed by atoms with E-state index in [0.717, 1.165) is 6.07 Å². The summed E-state index contributed by atoms with van der Waals surface area (Å²) in [6.45, 7) is 3.26. The highest BCUT2D eigenvalue weighted by molar-refractivity contribution is 5.50. The van der Waals surface area contributed by atoms with Crippen molar-refractivity contribution < 1.29 is 9.66 Å². The fourth-order valence-electron chi connectivity index (χ4n) is 1.07. The summed E-state index contributed by atoms with van der Waals surface area (Å²) in [5, 5.41) is 21.3. The average Bonchev–Trinajstić information content (AvgIpc) is 2.16. The maximum absolute atomic E-state index is 10.9. The van der Waals surface area contributed by atoms with Crippen LogP contribution in [-0.2, 0) is 6.54 Å². The number of nitro groups is 1. The number of non-ortho nitro benzene ring substituents is 1. The maximum Gasteiger partial charge on any atom is 0.276 e. The van der Waals surface area contributed by atoms with Gasteiger partial charge in [-0.25, -0.2) is 0 Å². The van der Waals surface area contributed by atoms with Gasteiger partial charge in [-0.3, -0.25) is 10.1 Å². The number of nitrogens with zero attached hydrogens (tertiary/aromatic N) is 2. The summed E-state index contributed by atoms with van der Waals surface area (Å²) in [7, 11) is 0. The van der Waals surface area contributed by atoms with Crippen LogP contribution in [0.25, 0.3) is 0 Å². The Morgan fingerprint density at radius 3 is 2.50 bits per heavy atom. The first-order chi connectivity index (χ1) is 6.56. The van der Waals surface area contributed by atoms with Gasteiger partial charge in [-0.05, 0) is 6.07 Å². The van der Waals surface area contributed by atoms with E-state index >= 15 is 0 Å². The van der Waals surface area contributed by atoms with Gasteiger partial charge in [0.1, 0.15) is 6.72 Å². The zero-order valence-electron chi connectivity index (χ0n) is 7.34. The molecule has 0 aromatic heterocycles. The molecule has 0 heterocycles. The number of hydrogen-bond donors (Lipinski definition) is 1. The van der Waals surface area contributed by atoms with E-state index in [9.17, 15) is 15.3 Å². The van der Waals surface area contributed by atoms with Crippen LogP contribution in [0.2, 0.25) is 0 Å². The van der Waals surface area contributed by atoms with Crippen molar-refractivity contribution in [3.63, 3.8) is 0 Å². The quantitative estimate of drug-likeness (QED) is 0.255. The zero-order valence-corrected chi connectivity index (χ0v) is 7.34. The van der Waals surface area contributed by atoms with Crippen LogP contribution in [0, 0.1) is 15.3 Å². The number of nitro benzene ring substituents is 1. The summed E-state index contributed by atoms with van der Waals surface area (Å²) in [5.74, 6) is 0. The molecule has 0 saturated heterocycles. The molecule has 0 aliphatic carbocycles. The first-order valence-corrected chi connectivity index (χ1v) is 3.81. The third kappa shape index (κ3) is 1.86. The lowest BCUT2D eigenvalue weighted by atomic mass is 10.1. The zero-order chi connectivity index (χ0) is 10.7. The fourth-order valence-corrected chi connectivity index (χ4v) is 1.07. The summed E-state index contributed by atoms with van der Waals surface area (Å²) in [4.78, 5) is 9.83. The lowest BCUT2D eigenvalue weighted by Crippen LogP contribution is -2.03. The topological polar surface area (TPSA) is 95.2 Å². The predicted molar refractivity (Wildman–Crippen MR) is 51.4 cm³/mol. The second kappa shape index (κ2) is 3.84. The molecule has 0 unspecified atom stereocenters. The number of benzene rings is 1. The van der Waals surface area contributed by atoms with E-state index in [1.807, 2.05) is 0 Å². The summed E-state index contributed by atoms with van der Waals surface area (Å²) < 4.78 is 0.315. The van der Waals surface area contributed by atoms with Crippen molar-refractivity contribution in [1.29, 1.82) is 0 Å². The summed E-state index contributed by atoms with van der Waals surface area (Å²) >= 11 is 0. The van der Waals surface area contributed by atoms with Gasteiger partial charge in [0.2, 0.25) is 5.69 Å². The van der Waals surface area contributed by atoms with E-state index in [1.54, 1.807) is 0 Å². The predicted octanol–water partition coefficient (Wildman–Crippen LogP) is 0.896. The van der Waals surface area contributed by atoms with Crippen LogP contribution in [0.4, 0.5) is 11.4 Å². The highest BCUT2D eigenvalue weighted by Crippen LogP contribution is 2.23. The largest absolute Gasteiger partial charge is 0.619 e. The van der Waals surface area contributed by atoms with Gasteiger partial charge in [-0.1, -0.05) is 0 Å². The summed E-state index contributed by atoms with van der Waals surface area (Å²) in [5.41, 5.74) is 5.86. The van der Waals surface area contributed by atoms with Gasteiger partial charge in [0.15, 0.2) is 0 Å². The Kier molecular flexibility index (Phi) is 2.78. The first-order valence-electron chi connectivity index (χ1n) is 3.81. The van der Waals surface area contributed by atoms with Gasteiger partial charge in [-0.15, -0.1) is 0 Å². The van der Waals surface area contributed by atoms with Crippen LogP contribution in [0.5, 0.6) is 0 Å². The molecule has 1 aromatic rings. The van der Waals surface area contributed by atoms with Crippen molar-refractivity contribution in [1.82, 2.24) is 0 Å². The Morgan fingerprint density at radius 1 is 1.43 bits per heavy atom. The normalized spacial score (nSPS) is 9.79. The molecule has 1 rings (SSSR count). The van der Waals surface area contributed by atoms with Gasteiger partial charge < -0.3 is 10.9 Å². The van der Waals surface area contributed by atoms with Gasteiger partial charge in [0.25, 0.3) is 5.69 Å². The molecule has 2 N–H and O–H groups in total. The molecule has 0 aliphatic heterocycles. The van der Waals surface area contributed by atoms with Gasteiger partial charge in [0, 0.05) is 18.2 Å². The minimum absolute atomic E-state index is 0.127. The van der Waals surface area contributed by atoms with Crippen LogP contribution >= 0.6 is 0 Å². The van der Waals surface area contributed by atoms with E-state index in [0.29, 0.717) is 10.3 Å². The highest BCUT2D eigenvalue weighted by Gasteiger charge is 2.14. The third-order valence-corrected chi connectivity index (χ3v) is 1.77. The average molecular weight is 195 g/mol. The number of hydrogen-bond acceptors (Lipinski definition) is 4. The van der Waals surface area contributed by atoms with Crippen molar-refractivity contribution in [2.24, 2.45) is 5.73 Å². The van der Waals surface area contributed by atoms with Crippen molar-refractivity contribution in [3.05, 3.63) is 39.1 Å². The SMILES string of the molecule is C=[N+]([O-])c1cc([N+](=O)[O-])ccc1CN. The molecular weight excluding hydrogens is 186 g/mol. The molecule has 74 valence electrons. The monoisotopic (exact) mass is 195 g/mol. The van der Waals surface area contributed by atoms with E-state index in [-0.39, 0.29) is 17.9 Å². The highest BCUT2D eigenvalue weighted by atomic mass is 16.6. The Labute approximate surface area is 80.0 Å². The molecule has 0 atom stereocenters. The van der Waals surface area contributed by atoms with Crippen LogP contribution in [0.3, 0.4) is 0 Å². The molecule has 0 radical (unpaired) electrons. The van der Waals surface area contributed by atoms with Gasteiger partial charge in [0.05, 0.1) is 11.0 Å². The van der Waals surface area contributed by atoms with Gasteiger partial charge in [-0.2, -0.15) is 4.74 Å². The molecular formula is C8H9N3O3. The minimum Gasteiger partial charge on any atom is -0.619 e. The van der Waals surface area contributed by atoms with Crippen molar-refractivity contribution in [3.8, 4) is 0 Å². The van der Waals surface area contributed by atoms with E-state index in [2.05, 4.69) is 6.72 Å². The molecule has 0 bridgehead atoms. The Balaban J connectivity index is 3.27. The third-order valence-electron chi connectivity index (χ3n) is 1.77. The van der Waals surface area contributed by atoms with E-state index < -0.39 is 4.92 Å². The van der Waals surface area contributed by atoms with Crippen molar-refractivity contribution >= 4 is 18.1 Å². The van der Waals surface area contributed by atoms with Crippen LogP contribution in [0.1, 0.15) is 5.56 Å². The van der Waals surface area contributed by atoms with Crippen LogP contribution in [0.15, 0.2) is 18.2 Å². The van der Waals surface area contributed by atoms with E-state index in [1.165, 1.54) is 12.1 Å². The number of nitrogens with two attached hydrogens (primary N) is 1. The number of rotatable bonds is 3. The molecule has 6 heteroatoms. The molecule has 0 aliphatic rings. The Bertz CT molecular complexity index is 389. The second-order valence-electron chi connectivity index (χ2n) is 2.65. The fraction of sp³-hybridized carbons (Fsp3) is 0.125. The molecule has 0 fully saturated rings. The first kappa shape index (κ1) is 10.1. The molecule has 0 spiro atoms. The van der Waals surface area contributed by atoms with Gasteiger partial charge >= 0.3 is 0 Å². The molecule has 0 saturated carbocycles. The van der Waals surface area contributed by atoms with E-state index in [4.69, 9.17) is 5.73 Å². The van der Waals surface area contributed by atoms with Crippen LogP contribution < -0.4 is 5.73 Å². The maximum atomic E-state index is 10.9. The second-order valence-corrected chi connectivity index (χ2v) is 2.65. The standard InChI is InChI=1S/C8H9N3O3/c1-10(12)8-4-7(11(13)14)3-2-6(8)5-9/h2-4H,1,5,9H2. The summed E-state index contributed by atoms with van der Waals surface area (Å²) in [6.07, 6.45) is 0.